The Bertz CT molecular complexity index is 1760. The van der Waals surface area contributed by atoms with Gasteiger partial charge in [-0.15, -0.1) is 0 Å². The van der Waals surface area contributed by atoms with Crippen molar-refractivity contribution in [3.05, 3.63) is 203 Å². The smallest absolute Gasteiger partial charge is 0.193 e. The van der Waals surface area contributed by atoms with E-state index in [0.29, 0.717) is 32.9 Å². The molecule has 6 aromatic carbocycles. The molecule has 0 fully saturated rings. The standard InChI is InChI=1S/C26H19O3P.C13H10O/c27-25(19-11-3-1-4-12-19)21-15-7-9-17-23(21)30(29)24-18-10-8-16-22(24)26(28)20-13-5-2-6-14-20;14-13(11-7-3-1-4-8-11)12-9-5-2-6-10-12/h1-18,30H;1-10H. The fourth-order valence-electron chi connectivity index (χ4n) is 4.74. The average molecular weight is 593 g/mol. The van der Waals surface area contributed by atoms with Crippen molar-refractivity contribution in [3.63, 3.8) is 0 Å². The van der Waals surface area contributed by atoms with Crippen molar-refractivity contribution in [2.24, 2.45) is 0 Å². The molecule has 44 heavy (non-hydrogen) atoms. The Hall–Kier alpha value is -5.44. The zero-order valence-electron chi connectivity index (χ0n) is 23.8. The number of rotatable bonds is 8. The summed E-state index contributed by atoms with van der Waals surface area (Å²) in [4.78, 5) is 38.0. The highest BCUT2D eigenvalue weighted by atomic mass is 31.1. The molecule has 0 N–H and O–H groups in total. The largest absolute Gasteiger partial charge is 0.317 e. The van der Waals surface area contributed by atoms with Crippen LogP contribution in [0, 0.1) is 0 Å². The molecule has 214 valence electrons. The molecule has 6 aromatic rings. The van der Waals surface area contributed by atoms with Crippen molar-refractivity contribution < 1.29 is 18.9 Å². The van der Waals surface area contributed by atoms with E-state index in [1.165, 1.54) is 0 Å². The summed E-state index contributed by atoms with van der Waals surface area (Å²) in [7, 11) is -2.60. The first-order valence-electron chi connectivity index (χ1n) is 14.1. The van der Waals surface area contributed by atoms with Gasteiger partial charge in [0.2, 0.25) is 0 Å². The van der Waals surface area contributed by atoms with E-state index in [1.807, 2.05) is 72.8 Å². The molecule has 0 spiro atoms. The second-order valence-electron chi connectivity index (χ2n) is 9.87. The third-order valence-corrected chi connectivity index (χ3v) is 8.83. The van der Waals surface area contributed by atoms with Crippen molar-refractivity contribution in [1.82, 2.24) is 0 Å². The van der Waals surface area contributed by atoms with E-state index in [2.05, 4.69) is 0 Å². The van der Waals surface area contributed by atoms with Crippen molar-refractivity contribution in [2.45, 2.75) is 0 Å². The summed E-state index contributed by atoms with van der Waals surface area (Å²) in [5, 5.41) is 0.925. The Morgan fingerprint density at radius 1 is 0.318 bits per heavy atom. The SMILES string of the molecule is O=C(c1ccccc1)c1ccccc1.O=C(c1ccccc1)c1ccccc1[PH](=O)c1ccccc1C(=O)c1ccccc1. The van der Waals surface area contributed by atoms with Gasteiger partial charge in [0.15, 0.2) is 17.3 Å². The zero-order valence-corrected chi connectivity index (χ0v) is 24.8. The molecule has 0 heterocycles. The highest BCUT2D eigenvalue weighted by molar-refractivity contribution is 7.62. The van der Waals surface area contributed by atoms with Gasteiger partial charge in [0.1, 0.15) is 7.80 Å². The lowest BCUT2D eigenvalue weighted by atomic mass is 10.0. The maximum absolute atomic E-state index is 13.6. The summed E-state index contributed by atoms with van der Waals surface area (Å²) >= 11 is 0. The summed E-state index contributed by atoms with van der Waals surface area (Å²) in [6, 6.07) is 50.3. The number of hydrogen-bond donors (Lipinski definition) is 0. The molecule has 4 nitrogen and oxygen atoms in total. The van der Waals surface area contributed by atoms with Crippen LogP contribution in [0.25, 0.3) is 0 Å². The first kappa shape index (κ1) is 30.0. The lowest BCUT2D eigenvalue weighted by Crippen LogP contribution is -2.20. The van der Waals surface area contributed by atoms with Crippen LogP contribution in [0.15, 0.2) is 170 Å². The Labute approximate surface area is 257 Å². The number of hydrogen-bond acceptors (Lipinski definition) is 4. The van der Waals surface area contributed by atoms with Crippen molar-refractivity contribution >= 4 is 35.8 Å². The maximum Gasteiger partial charge on any atom is 0.193 e. The van der Waals surface area contributed by atoms with Gasteiger partial charge in [0, 0.05) is 44.0 Å². The van der Waals surface area contributed by atoms with Gasteiger partial charge in [-0.25, -0.2) is 0 Å². The Kier molecular flexibility index (Phi) is 9.99. The van der Waals surface area contributed by atoms with Crippen LogP contribution in [0.1, 0.15) is 47.8 Å². The van der Waals surface area contributed by atoms with Crippen LogP contribution in [-0.2, 0) is 4.57 Å². The summed E-state index contributed by atoms with van der Waals surface area (Å²) in [6.07, 6.45) is 0. The number of benzene rings is 6. The third-order valence-electron chi connectivity index (χ3n) is 6.98. The molecule has 0 radical (unpaired) electrons. The lowest BCUT2D eigenvalue weighted by Gasteiger charge is -2.12. The number of carbonyl (C=O) groups is 3. The summed E-state index contributed by atoms with van der Waals surface area (Å²) < 4.78 is 13.6. The van der Waals surface area contributed by atoms with Crippen molar-refractivity contribution in [1.29, 1.82) is 0 Å². The molecule has 0 saturated heterocycles. The van der Waals surface area contributed by atoms with Gasteiger partial charge in [0.25, 0.3) is 0 Å². The molecular formula is C39H29O4P. The molecule has 0 aliphatic carbocycles. The molecule has 0 atom stereocenters. The quantitative estimate of drug-likeness (QED) is 0.135. The molecule has 0 unspecified atom stereocenters. The molecule has 0 aromatic heterocycles. The highest BCUT2D eigenvalue weighted by Crippen LogP contribution is 2.26. The van der Waals surface area contributed by atoms with Crippen LogP contribution in [0.4, 0.5) is 0 Å². The van der Waals surface area contributed by atoms with Gasteiger partial charge < -0.3 is 4.57 Å². The summed E-state index contributed by atoms with van der Waals surface area (Å²) in [5.41, 5.74) is 3.34. The Morgan fingerprint density at radius 3 is 0.886 bits per heavy atom. The van der Waals surface area contributed by atoms with Crippen LogP contribution < -0.4 is 10.6 Å². The van der Waals surface area contributed by atoms with Crippen LogP contribution in [0.3, 0.4) is 0 Å². The molecule has 0 saturated carbocycles. The van der Waals surface area contributed by atoms with E-state index in [9.17, 15) is 18.9 Å². The molecule has 0 aliphatic rings. The van der Waals surface area contributed by atoms with Crippen molar-refractivity contribution in [2.75, 3.05) is 0 Å². The average Bonchev–Trinajstić information content (AvgIpc) is 3.12. The third kappa shape index (κ3) is 7.12. The van der Waals surface area contributed by atoms with Crippen molar-refractivity contribution in [3.8, 4) is 0 Å². The fraction of sp³-hybridized carbons (Fsp3) is 0. The van der Waals surface area contributed by atoms with E-state index < -0.39 is 7.80 Å². The number of ketones is 3. The van der Waals surface area contributed by atoms with Crippen LogP contribution in [0.5, 0.6) is 0 Å². The minimum Gasteiger partial charge on any atom is -0.317 e. The van der Waals surface area contributed by atoms with Crippen LogP contribution in [-0.4, -0.2) is 17.3 Å². The first-order valence-corrected chi connectivity index (χ1v) is 15.5. The van der Waals surface area contributed by atoms with E-state index in [1.54, 1.807) is 97.1 Å². The van der Waals surface area contributed by atoms with Gasteiger partial charge in [-0.2, -0.15) is 0 Å². The second-order valence-corrected chi connectivity index (χ2v) is 11.6. The lowest BCUT2D eigenvalue weighted by molar-refractivity contribution is 0.103. The normalized spacial score (nSPS) is 10.4. The van der Waals surface area contributed by atoms with Gasteiger partial charge in [-0.05, 0) is 0 Å². The maximum atomic E-state index is 13.6. The summed E-state index contributed by atoms with van der Waals surface area (Å²) in [5.74, 6) is -0.293. The molecule has 6 rings (SSSR count). The van der Waals surface area contributed by atoms with E-state index in [4.69, 9.17) is 0 Å². The van der Waals surface area contributed by atoms with Crippen LogP contribution >= 0.6 is 7.80 Å². The minimum absolute atomic E-state index is 0.0752. The predicted octanol–water partition coefficient (Wildman–Crippen LogP) is 7.58. The first-order chi connectivity index (χ1) is 21.5. The Morgan fingerprint density at radius 2 is 0.568 bits per heavy atom. The topological polar surface area (TPSA) is 68.3 Å². The van der Waals surface area contributed by atoms with Gasteiger partial charge in [0.05, 0.1) is 0 Å². The number of carbonyl (C=O) groups excluding carboxylic acids is 3. The molecule has 0 aliphatic heterocycles. The van der Waals surface area contributed by atoms with Gasteiger partial charge in [-0.3, -0.25) is 14.4 Å². The monoisotopic (exact) mass is 592 g/mol. The van der Waals surface area contributed by atoms with E-state index >= 15 is 0 Å². The molecular weight excluding hydrogens is 563 g/mol. The molecule has 0 amide bonds. The van der Waals surface area contributed by atoms with E-state index in [0.717, 1.165) is 11.1 Å². The fourth-order valence-corrected chi connectivity index (χ4v) is 6.41. The minimum atomic E-state index is -2.60. The predicted molar refractivity (Wildman–Crippen MR) is 177 cm³/mol. The summed E-state index contributed by atoms with van der Waals surface area (Å²) in [6.45, 7) is 0. The highest BCUT2D eigenvalue weighted by Gasteiger charge is 2.22. The van der Waals surface area contributed by atoms with E-state index in [-0.39, 0.29) is 17.3 Å². The van der Waals surface area contributed by atoms with Crippen LogP contribution in [0.2, 0.25) is 0 Å². The van der Waals surface area contributed by atoms with Gasteiger partial charge in [-0.1, -0.05) is 170 Å². The van der Waals surface area contributed by atoms with Gasteiger partial charge >= 0.3 is 0 Å². The second kappa shape index (κ2) is 14.6. The zero-order chi connectivity index (χ0) is 30.7. The molecule has 5 heteroatoms. The molecule has 0 bridgehead atoms. The Balaban J connectivity index is 0.000000229.